The normalized spacial score (nSPS) is 19.8. The lowest BCUT2D eigenvalue weighted by Crippen LogP contribution is -2.37. The number of aromatic nitrogens is 2. The van der Waals surface area contributed by atoms with Crippen molar-refractivity contribution in [3.05, 3.63) is 42.2 Å². The monoisotopic (exact) mass is 423 g/mol. The van der Waals surface area contributed by atoms with Crippen LogP contribution in [0.1, 0.15) is 50.5 Å². The number of piperidine rings is 1. The summed E-state index contributed by atoms with van der Waals surface area (Å²) in [5, 5.41) is 15.9. The third-order valence-electron chi connectivity index (χ3n) is 6.40. The predicted octanol–water partition coefficient (Wildman–Crippen LogP) is 3.82. The highest BCUT2D eigenvalue weighted by molar-refractivity contribution is 5.92. The third-order valence-corrected chi connectivity index (χ3v) is 6.40. The average molecular weight is 424 g/mol. The smallest absolute Gasteiger partial charge is 0.227 e. The Bertz CT molecular complexity index is 869. The second-order valence-electron chi connectivity index (χ2n) is 8.78. The number of rotatable bonds is 7. The number of aliphatic hydroxyl groups is 1. The molecule has 2 fully saturated rings. The lowest BCUT2D eigenvalue weighted by molar-refractivity contribution is -0.120. The van der Waals surface area contributed by atoms with Crippen molar-refractivity contribution in [2.24, 2.45) is 11.8 Å². The topological polar surface area (TPSA) is 90.4 Å². The fraction of sp³-hybridized carbons (Fsp3) is 0.542. The second kappa shape index (κ2) is 10.6. The minimum atomic E-state index is 0.146. The van der Waals surface area contributed by atoms with E-state index in [-0.39, 0.29) is 18.4 Å². The first-order valence-corrected chi connectivity index (χ1v) is 11.5. The molecule has 0 spiro atoms. The highest BCUT2D eigenvalue weighted by Gasteiger charge is 2.22. The lowest BCUT2D eigenvalue weighted by Gasteiger charge is -2.32. The van der Waals surface area contributed by atoms with Crippen molar-refractivity contribution in [3.63, 3.8) is 0 Å². The van der Waals surface area contributed by atoms with Gasteiger partial charge in [0.15, 0.2) is 0 Å². The molecule has 2 aromatic rings. The van der Waals surface area contributed by atoms with Crippen LogP contribution in [0.4, 0.5) is 17.3 Å². The first-order chi connectivity index (χ1) is 15.2. The summed E-state index contributed by atoms with van der Waals surface area (Å²) < 4.78 is 0. The Balaban J connectivity index is 1.34. The lowest BCUT2D eigenvalue weighted by atomic mass is 9.88. The van der Waals surface area contributed by atoms with Gasteiger partial charge < -0.3 is 20.6 Å². The maximum absolute atomic E-state index is 12.5. The first kappa shape index (κ1) is 21.6. The molecule has 7 heteroatoms. The van der Waals surface area contributed by atoms with Gasteiger partial charge in [0, 0.05) is 43.9 Å². The van der Waals surface area contributed by atoms with Crippen LogP contribution < -0.4 is 15.5 Å². The van der Waals surface area contributed by atoms with Crippen LogP contribution in [0.15, 0.2) is 36.7 Å². The van der Waals surface area contributed by atoms with Crippen LogP contribution in [0.2, 0.25) is 0 Å². The number of nitrogens with one attached hydrogen (secondary N) is 2. The SMILES string of the molecule is O=C(Nc1cccc(CNc2cc(N3CCCC(CO)C3)ncn2)c1)C1CCCCC1. The summed E-state index contributed by atoms with van der Waals surface area (Å²) in [5.74, 6) is 2.27. The zero-order chi connectivity index (χ0) is 21.5. The molecule has 2 aliphatic rings. The molecule has 166 valence electrons. The second-order valence-corrected chi connectivity index (χ2v) is 8.78. The van der Waals surface area contributed by atoms with Crippen molar-refractivity contribution < 1.29 is 9.90 Å². The highest BCUT2D eigenvalue weighted by atomic mass is 16.3. The Morgan fingerprint density at radius 2 is 1.97 bits per heavy atom. The van der Waals surface area contributed by atoms with Gasteiger partial charge in [-0.15, -0.1) is 0 Å². The Kier molecular flexibility index (Phi) is 7.35. The van der Waals surface area contributed by atoms with Crippen LogP contribution in [0.5, 0.6) is 0 Å². The van der Waals surface area contributed by atoms with Gasteiger partial charge in [-0.05, 0) is 49.3 Å². The largest absolute Gasteiger partial charge is 0.396 e. The summed E-state index contributed by atoms with van der Waals surface area (Å²) in [6, 6.07) is 9.95. The van der Waals surface area contributed by atoms with E-state index in [1.165, 1.54) is 6.42 Å². The van der Waals surface area contributed by atoms with Crippen molar-refractivity contribution >= 4 is 23.2 Å². The van der Waals surface area contributed by atoms with Gasteiger partial charge in [0.1, 0.15) is 18.0 Å². The minimum absolute atomic E-state index is 0.146. The molecule has 1 amide bonds. The summed E-state index contributed by atoms with van der Waals surface area (Å²) in [7, 11) is 0. The summed E-state index contributed by atoms with van der Waals surface area (Å²) in [6.45, 7) is 2.62. The van der Waals surface area contributed by atoms with Crippen LogP contribution in [0.3, 0.4) is 0 Å². The molecule has 31 heavy (non-hydrogen) atoms. The molecule has 0 radical (unpaired) electrons. The number of aliphatic hydroxyl groups excluding tert-OH is 1. The van der Waals surface area contributed by atoms with Gasteiger partial charge in [0.05, 0.1) is 0 Å². The van der Waals surface area contributed by atoms with Crippen molar-refractivity contribution in [1.29, 1.82) is 0 Å². The van der Waals surface area contributed by atoms with E-state index >= 15 is 0 Å². The van der Waals surface area contributed by atoms with Gasteiger partial charge in [0.2, 0.25) is 5.91 Å². The van der Waals surface area contributed by atoms with Gasteiger partial charge in [0.25, 0.3) is 0 Å². The quantitative estimate of drug-likeness (QED) is 0.627. The number of carbonyl (C=O) groups excluding carboxylic acids is 1. The maximum atomic E-state index is 12.5. The van der Waals surface area contributed by atoms with Crippen molar-refractivity contribution in [2.45, 2.75) is 51.5 Å². The molecular weight excluding hydrogens is 390 g/mol. The van der Waals surface area contributed by atoms with Crippen molar-refractivity contribution in [2.75, 3.05) is 35.2 Å². The molecule has 1 saturated carbocycles. The molecule has 1 atom stereocenters. The molecule has 1 unspecified atom stereocenters. The van der Waals surface area contributed by atoms with E-state index in [1.54, 1.807) is 6.33 Å². The van der Waals surface area contributed by atoms with E-state index in [9.17, 15) is 9.90 Å². The summed E-state index contributed by atoms with van der Waals surface area (Å²) in [4.78, 5) is 23.5. The number of nitrogens with zero attached hydrogens (tertiary/aromatic N) is 3. The number of hydrogen-bond donors (Lipinski definition) is 3. The van der Waals surface area contributed by atoms with E-state index in [4.69, 9.17) is 0 Å². The third kappa shape index (κ3) is 5.94. The maximum Gasteiger partial charge on any atom is 0.227 e. The number of carbonyl (C=O) groups is 1. The van der Waals surface area contributed by atoms with Gasteiger partial charge in [-0.1, -0.05) is 31.4 Å². The van der Waals surface area contributed by atoms with E-state index < -0.39 is 0 Å². The molecule has 2 heterocycles. The summed E-state index contributed by atoms with van der Waals surface area (Å²) in [6.07, 6.45) is 9.27. The molecule has 1 aromatic carbocycles. The first-order valence-electron chi connectivity index (χ1n) is 11.5. The number of benzene rings is 1. The molecule has 1 aliphatic heterocycles. The summed E-state index contributed by atoms with van der Waals surface area (Å²) >= 11 is 0. The Morgan fingerprint density at radius 3 is 2.81 bits per heavy atom. The molecule has 1 saturated heterocycles. The Labute approximate surface area is 184 Å². The molecule has 4 rings (SSSR count). The van der Waals surface area contributed by atoms with E-state index in [1.807, 2.05) is 30.3 Å². The Hall–Kier alpha value is -2.67. The van der Waals surface area contributed by atoms with E-state index in [0.717, 1.165) is 74.5 Å². The molecule has 7 nitrogen and oxygen atoms in total. The molecule has 3 N–H and O–H groups in total. The fourth-order valence-corrected chi connectivity index (χ4v) is 4.60. The van der Waals surface area contributed by atoms with Gasteiger partial charge in [-0.2, -0.15) is 0 Å². The Morgan fingerprint density at radius 1 is 1.10 bits per heavy atom. The van der Waals surface area contributed by atoms with Gasteiger partial charge in [-0.25, -0.2) is 9.97 Å². The van der Waals surface area contributed by atoms with Crippen molar-refractivity contribution in [3.8, 4) is 0 Å². The number of anilines is 3. The minimum Gasteiger partial charge on any atom is -0.396 e. The average Bonchev–Trinajstić information content (AvgIpc) is 2.84. The molecule has 0 bridgehead atoms. The van der Waals surface area contributed by atoms with Crippen molar-refractivity contribution in [1.82, 2.24) is 9.97 Å². The number of amides is 1. The van der Waals surface area contributed by atoms with E-state index in [2.05, 4.69) is 25.5 Å². The fourth-order valence-electron chi connectivity index (χ4n) is 4.60. The van der Waals surface area contributed by atoms with Crippen LogP contribution in [-0.4, -0.2) is 40.7 Å². The van der Waals surface area contributed by atoms with Crippen LogP contribution in [0.25, 0.3) is 0 Å². The van der Waals surface area contributed by atoms with Gasteiger partial charge in [-0.3, -0.25) is 4.79 Å². The van der Waals surface area contributed by atoms with E-state index in [0.29, 0.717) is 12.5 Å². The molecule has 1 aromatic heterocycles. The standard InChI is InChI=1S/C24H33N5O2/c30-16-19-7-5-11-29(15-19)23-13-22(26-17-27-23)25-14-18-6-4-10-21(12-18)28-24(31)20-8-2-1-3-9-20/h4,6,10,12-13,17,19-20,30H,1-3,5,7-9,11,14-16H2,(H,28,31)(H,25,26,27). The number of hydrogen-bond acceptors (Lipinski definition) is 6. The summed E-state index contributed by atoms with van der Waals surface area (Å²) in [5.41, 5.74) is 1.93. The van der Waals surface area contributed by atoms with Crippen LogP contribution in [0, 0.1) is 11.8 Å². The zero-order valence-corrected chi connectivity index (χ0v) is 18.1. The molecular formula is C24H33N5O2. The zero-order valence-electron chi connectivity index (χ0n) is 18.1. The van der Waals surface area contributed by atoms with Crippen LogP contribution in [-0.2, 0) is 11.3 Å². The van der Waals surface area contributed by atoms with Crippen LogP contribution >= 0.6 is 0 Å². The van der Waals surface area contributed by atoms with Gasteiger partial charge >= 0.3 is 0 Å². The molecule has 1 aliphatic carbocycles. The highest BCUT2D eigenvalue weighted by Crippen LogP contribution is 2.25. The predicted molar refractivity (Wildman–Crippen MR) is 123 cm³/mol.